The largest absolute Gasteiger partial charge is 0.497 e. The standard InChI is InChI=1S/C21H28N2O3/c1-21(2,3)19(16-8-10-18(26-4)11-9-16)14-23(20(24)25)13-15-6-5-7-17(22)12-15/h5-12,19H,13-14,22H2,1-4H3,(H,24,25). The van der Waals surface area contributed by atoms with E-state index in [0.29, 0.717) is 18.8 Å². The molecule has 2 aromatic rings. The Morgan fingerprint density at radius 2 is 1.85 bits per heavy atom. The van der Waals surface area contributed by atoms with Crippen LogP contribution in [0.3, 0.4) is 0 Å². The van der Waals surface area contributed by atoms with Gasteiger partial charge in [-0.15, -0.1) is 0 Å². The number of amides is 1. The summed E-state index contributed by atoms with van der Waals surface area (Å²) in [6.45, 7) is 7.09. The first-order valence-corrected chi connectivity index (χ1v) is 8.67. The number of ether oxygens (including phenoxy) is 1. The van der Waals surface area contributed by atoms with E-state index >= 15 is 0 Å². The van der Waals surface area contributed by atoms with Crippen molar-refractivity contribution in [2.24, 2.45) is 5.41 Å². The minimum Gasteiger partial charge on any atom is -0.497 e. The average molecular weight is 356 g/mol. The lowest BCUT2D eigenvalue weighted by atomic mass is 9.76. The molecule has 0 bridgehead atoms. The van der Waals surface area contributed by atoms with Crippen molar-refractivity contribution in [3.05, 3.63) is 59.7 Å². The number of nitrogens with zero attached hydrogens (tertiary/aromatic N) is 1. The van der Waals surface area contributed by atoms with Gasteiger partial charge in [-0.05, 0) is 40.8 Å². The van der Waals surface area contributed by atoms with Gasteiger partial charge in [-0.3, -0.25) is 0 Å². The van der Waals surface area contributed by atoms with Crippen LogP contribution in [0, 0.1) is 5.41 Å². The van der Waals surface area contributed by atoms with E-state index in [1.165, 1.54) is 4.90 Å². The third-order valence-corrected chi connectivity index (χ3v) is 4.56. The van der Waals surface area contributed by atoms with Gasteiger partial charge in [-0.25, -0.2) is 4.79 Å². The summed E-state index contributed by atoms with van der Waals surface area (Å²) >= 11 is 0. The van der Waals surface area contributed by atoms with E-state index in [-0.39, 0.29) is 11.3 Å². The Kier molecular flexibility index (Phi) is 6.14. The zero-order valence-corrected chi connectivity index (χ0v) is 15.9. The zero-order valence-electron chi connectivity index (χ0n) is 15.9. The number of hydrogen-bond donors (Lipinski definition) is 2. The van der Waals surface area contributed by atoms with Crippen molar-refractivity contribution in [1.29, 1.82) is 0 Å². The van der Waals surface area contributed by atoms with Gasteiger partial charge in [0.25, 0.3) is 0 Å². The Morgan fingerprint density at radius 3 is 2.35 bits per heavy atom. The molecule has 0 saturated carbocycles. The summed E-state index contributed by atoms with van der Waals surface area (Å²) in [6.07, 6.45) is -0.935. The summed E-state index contributed by atoms with van der Waals surface area (Å²) in [5.74, 6) is 0.835. The second kappa shape index (κ2) is 8.13. The van der Waals surface area contributed by atoms with Crippen molar-refractivity contribution in [2.45, 2.75) is 33.2 Å². The predicted molar refractivity (Wildman–Crippen MR) is 104 cm³/mol. The Labute approximate surface area is 155 Å². The van der Waals surface area contributed by atoms with Gasteiger partial charge in [0, 0.05) is 24.7 Å². The molecule has 1 amide bonds. The highest BCUT2D eigenvalue weighted by molar-refractivity contribution is 5.65. The number of benzene rings is 2. The first-order valence-electron chi connectivity index (χ1n) is 8.67. The van der Waals surface area contributed by atoms with Gasteiger partial charge in [-0.1, -0.05) is 45.0 Å². The van der Waals surface area contributed by atoms with Gasteiger partial charge in [0.2, 0.25) is 0 Å². The molecular formula is C21H28N2O3. The Morgan fingerprint density at radius 1 is 1.19 bits per heavy atom. The molecule has 1 atom stereocenters. The number of anilines is 1. The van der Waals surface area contributed by atoms with Crippen molar-refractivity contribution < 1.29 is 14.6 Å². The van der Waals surface area contributed by atoms with Crippen LogP contribution in [-0.4, -0.2) is 29.8 Å². The van der Waals surface area contributed by atoms with Crippen LogP contribution in [0.2, 0.25) is 0 Å². The minimum absolute atomic E-state index is 0.0468. The van der Waals surface area contributed by atoms with Crippen molar-refractivity contribution in [3.8, 4) is 5.75 Å². The molecule has 2 aromatic carbocycles. The SMILES string of the molecule is COc1ccc(C(CN(Cc2cccc(N)c2)C(=O)O)C(C)(C)C)cc1. The molecule has 0 aromatic heterocycles. The van der Waals surface area contributed by atoms with Crippen LogP contribution in [0.1, 0.15) is 37.8 Å². The van der Waals surface area contributed by atoms with E-state index in [2.05, 4.69) is 20.8 Å². The topological polar surface area (TPSA) is 75.8 Å². The van der Waals surface area contributed by atoms with E-state index < -0.39 is 6.09 Å². The van der Waals surface area contributed by atoms with Crippen LogP contribution in [-0.2, 0) is 6.54 Å². The minimum atomic E-state index is -0.935. The molecular weight excluding hydrogens is 328 g/mol. The summed E-state index contributed by atoms with van der Waals surface area (Å²) in [5, 5.41) is 9.72. The quantitative estimate of drug-likeness (QED) is 0.742. The fraction of sp³-hybridized carbons (Fsp3) is 0.381. The molecule has 0 radical (unpaired) electrons. The molecule has 0 spiro atoms. The van der Waals surface area contributed by atoms with Gasteiger partial charge in [-0.2, -0.15) is 0 Å². The van der Waals surface area contributed by atoms with E-state index in [4.69, 9.17) is 10.5 Å². The summed E-state index contributed by atoms with van der Waals surface area (Å²) in [5.41, 5.74) is 8.34. The third kappa shape index (κ3) is 5.15. The first kappa shape index (κ1) is 19.6. The lowest BCUT2D eigenvalue weighted by molar-refractivity contribution is 0.128. The van der Waals surface area contributed by atoms with Crippen molar-refractivity contribution in [2.75, 3.05) is 19.4 Å². The monoisotopic (exact) mass is 356 g/mol. The molecule has 140 valence electrons. The summed E-state index contributed by atoms with van der Waals surface area (Å²) in [6, 6.07) is 15.2. The fourth-order valence-corrected chi connectivity index (χ4v) is 3.06. The summed E-state index contributed by atoms with van der Waals surface area (Å²) in [7, 11) is 1.63. The van der Waals surface area contributed by atoms with Gasteiger partial charge >= 0.3 is 6.09 Å². The molecule has 2 rings (SSSR count). The second-order valence-corrected chi connectivity index (χ2v) is 7.60. The van der Waals surface area contributed by atoms with Crippen molar-refractivity contribution in [3.63, 3.8) is 0 Å². The van der Waals surface area contributed by atoms with Crippen LogP contribution in [0.15, 0.2) is 48.5 Å². The van der Waals surface area contributed by atoms with Crippen LogP contribution in [0.4, 0.5) is 10.5 Å². The molecule has 26 heavy (non-hydrogen) atoms. The van der Waals surface area contributed by atoms with Gasteiger partial charge in [0.15, 0.2) is 0 Å². The number of hydrogen-bond acceptors (Lipinski definition) is 3. The molecule has 0 fully saturated rings. The smallest absolute Gasteiger partial charge is 0.407 e. The molecule has 0 heterocycles. The van der Waals surface area contributed by atoms with E-state index in [1.54, 1.807) is 13.2 Å². The van der Waals surface area contributed by atoms with Gasteiger partial charge in [0.1, 0.15) is 5.75 Å². The maximum atomic E-state index is 11.9. The van der Waals surface area contributed by atoms with Crippen LogP contribution in [0.25, 0.3) is 0 Å². The highest BCUT2D eigenvalue weighted by atomic mass is 16.5. The fourth-order valence-electron chi connectivity index (χ4n) is 3.06. The van der Waals surface area contributed by atoms with Crippen molar-refractivity contribution in [1.82, 2.24) is 4.90 Å². The molecule has 5 nitrogen and oxygen atoms in total. The lowest BCUT2D eigenvalue weighted by Crippen LogP contribution is -2.37. The average Bonchev–Trinajstić information content (AvgIpc) is 2.57. The number of methoxy groups -OCH3 is 1. The lowest BCUT2D eigenvalue weighted by Gasteiger charge is -2.35. The number of rotatable bonds is 6. The normalized spacial score (nSPS) is 12.5. The van der Waals surface area contributed by atoms with E-state index in [1.807, 2.05) is 42.5 Å². The Balaban J connectivity index is 2.26. The van der Waals surface area contributed by atoms with Crippen LogP contribution < -0.4 is 10.5 Å². The molecule has 0 saturated heterocycles. The predicted octanol–water partition coefficient (Wildman–Crippen LogP) is 4.59. The van der Waals surface area contributed by atoms with E-state index in [9.17, 15) is 9.90 Å². The third-order valence-electron chi connectivity index (χ3n) is 4.56. The first-order chi connectivity index (χ1) is 12.2. The van der Waals surface area contributed by atoms with Gasteiger partial charge < -0.3 is 20.5 Å². The number of nitrogens with two attached hydrogens (primary N) is 1. The molecule has 0 aliphatic carbocycles. The highest BCUT2D eigenvalue weighted by Gasteiger charge is 2.30. The number of carboxylic acid groups (broad SMARTS) is 1. The molecule has 0 aliphatic heterocycles. The van der Waals surface area contributed by atoms with Gasteiger partial charge in [0.05, 0.1) is 7.11 Å². The van der Waals surface area contributed by atoms with Crippen LogP contribution in [0.5, 0.6) is 5.75 Å². The summed E-state index contributed by atoms with van der Waals surface area (Å²) < 4.78 is 5.23. The number of nitrogen functional groups attached to an aromatic ring is 1. The highest BCUT2D eigenvalue weighted by Crippen LogP contribution is 2.36. The summed E-state index contributed by atoms with van der Waals surface area (Å²) in [4.78, 5) is 13.3. The molecule has 1 unspecified atom stereocenters. The maximum Gasteiger partial charge on any atom is 0.407 e. The Hall–Kier alpha value is -2.69. The van der Waals surface area contributed by atoms with Crippen molar-refractivity contribution >= 4 is 11.8 Å². The Bertz CT molecular complexity index is 736. The van der Waals surface area contributed by atoms with E-state index in [0.717, 1.165) is 16.9 Å². The number of carbonyl (C=O) groups is 1. The second-order valence-electron chi connectivity index (χ2n) is 7.60. The van der Waals surface area contributed by atoms with Crippen LogP contribution >= 0.6 is 0 Å². The molecule has 0 aliphatic rings. The zero-order chi connectivity index (χ0) is 19.3. The molecule has 5 heteroatoms. The molecule has 3 N–H and O–H groups in total. The maximum absolute atomic E-state index is 11.9.